The molecule has 0 atom stereocenters. The third kappa shape index (κ3) is 2.28. The Morgan fingerprint density at radius 1 is 1.00 bits per heavy atom. The lowest BCUT2D eigenvalue weighted by molar-refractivity contribution is 0.589. The zero-order valence-electron chi connectivity index (χ0n) is 8.94. The summed E-state index contributed by atoms with van der Waals surface area (Å²) >= 11 is 0. The minimum absolute atomic E-state index is 0.0810. The van der Waals surface area contributed by atoms with Gasteiger partial charge in [-0.15, -0.1) is 0 Å². The van der Waals surface area contributed by atoms with Crippen molar-refractivity contribution in [3.8, 4) is 11.1 Å². The standard InChI is InChI=1S/C12H6F3N3/c13-8-3-1-2-7(4-8)12-10(14)5-9(17-18-16)6-11(12)15/h1-6H. The van der Waals surface area contributed by atoms with E-state index in [-0.39, 0.29) is 16.8 Å². The number of azide groups is 1. The molecule has 0 radical (unpaired) electrons. The number of benzene rings is 2. The first-order chi connectivity index (χ1) is 8.61. The molecule has 0 aromatic heterocycles. The van der Waals surface area contributed by atoms with E-state index in [2.05, 4.69) is 10.0 Å². The Kier molecular flexibility index (Phi) is 3.21. The van der Waals surface area contributed by atoms with Crippen LogP contribution in [-0.2, 0) is 0 Å². The monoisotopic (exact) mass is 249 g/mol. The normalized spacial score (nSPS) is 9.94. The molecule has 0 spiro atoms. The van der Waals surface area contributed by atoms with Gasteiger partial charge in [0.1, 0.15) is 17.5 Å². The molecule has 0 unspecified atom stereocenters. The Morgan fingerprint density at radius 2 is 1.67 bits per heavy atom. The molecule has 6 heteroatoms. The summed E-state index contributed by atoms with van der Waals surface area (Å²) in [6, 6.07) is 6.72. The van der Waals surface area contributed by atoms with Crippen LogP contribution in [0.4, 0.5) is 18.9 Å². The van der Waals surface area contributed by atoms with Gasteiger partial charge in [0.2, 0.25) is 0 Å². The zero-order chi connectivity index (χ0) is 13.1. The molecular weight excluding hydrogens is 243 g/mol. The van der Waals surface area contributed by atoms with Crippen LogP contribution in [0.3, 0.4) is 0 Å². The second-order valence-corrected chi connectivity index (χ2v) is 3.48. The molecule has 2 aromatic rings. The van der Waals surface area contributed by atoms with Crippen LogP contribution in [0.15, 0.2) is 41.5 Å². The number of rotatable bonds is 2. The van der Waals surface area contributed by atoms with Crippen molar-refractivity contribution in [1.29, 1.82) is 0 Å². The van der Waals surface area contributed by atoms with Crippen LogP contribution >= 0.6 is 0 Å². The van der Waals surface area contributed by atoms with Crippen LogP contribution in [0.2, 0.25) is 0 Å². The van der Waals surface area contributed by atoms with Gasteiger partial charge in [0.15, 0.2) is 0 Å². The second-order valence-electron chi connectivity index (χ2n) is 3.48. The van der Waals surface area contributed by atoms with E-state index < -0.39 is 17.5 Å². The van der Waals surface area contributed by atoms with Crippen LogP contribution in [0, 0.1) is 17.5 Å². The topological polar surface area (TPSA) is 48.8 Å². The maximum absolute atomic E-state index is 13.7. The first-order valence-electron chi connectivity index (χ1n) is 4.92. The first kappa shape index (κ1) is 12.0. The summed E-state index contributed by atoms with van der Waals surface area (Å²) in [6.45, 7) is 0. The van der Waals surface area contributed by atoms with Crippen LogP contribution < -0.4 is 0 Å². The van der Waals surface area contributed by atoms with Crippen LogP contribution in [0.1, 0.15) is 0 Å². The summed E-state index contributed by atoms with van der Waals surface area (Å²) in [5.41, 5.74) is 7.74. The molecular formula is C12H6F3N3. The molecule has 0 saturated carbocycles. The fourth-order valence-electron chi connectivity index (χ4n) is 1.59. The van der Waals surface area contributed by atoms with E-state index in [0.29, 0.717) is 0 Å². The van der Waals surface area contributed by atoms with E-state index >= 15 is 0 Å². The summed E-state index contributed by atoms with van der Waals surface area (Å²) in [5.74, 6) is -2.42. The van der Waals surface area contributed by atoms with Crippen molar-refractivity contribution >= 4 is 5.69 Å². The fraction of sp³-hybridized carbons (Fsp3) is 0. The Labute approximate surface area is 100 Å². The predicted molar refractivity (Wildman–Crippen MR) is 60.6 cm³/mol. The van der Waals surface area contributed by atoms with Gasteiger partial charge in [-0.1, -0.05) is 17.2 Å². The maximum atomic E-state index is 13.7. The Bertz CT molecular complexity index is 626. The van der Waals surface area contributed by atoms with Gasteiger partial charge in [0.05, 0.1) is 5.56 Å². The Morgan fingerprint density at radius 3 is 2.22 bits per heavy atom. The predicted octanol–water partition coefficient (Wildman–Crippen LogP) is 4.71. The molecule has 2 aromatic carbocycles. The fourth-order valence-corrected chi connectivity index (χ4v) is 1.59. The van der Waals surface area contributed by atoms with E-state index in [4.69, 9.17) is 5.53 Å². The highest BCUT2D eigenvalue weighted by atomic mass is 19.1. The molecule has 18 heavy (non-hydrogen) atoms. The number of hydrogen-bond acceptors (Lipinski definition) is 1. The molecule has 0 saturated heterocycles. The van der Waals surface area contributed by atoms with Crippen molar-refractivity contribution in [2.75, 3.05) is 0 Å². The van der Waals surface area contributed by atoms with Gasteiger partial charge in [-0.05, 0) is 35.4 Å². The average Bonchev–Trinajstić information content (AvgIpc) is 2.28. The first-order valence-corrected chi connectivity index (χ1v) is 4.92. The summed E-state index contributed by atoms with van der Waals surface area (Å²) in [4.78, 5) is 2.44. The van der Waals surface area contributed by atoms with E-state index in [1.807, 2.05) is 0 Å². The smallest absolute Gasteiger partial charge is 0.134 e. The van der Waals surface area contributed by atoms with Gasteiger partial charge in [0, 0.05) is 10.6 Å². The SMILES string of the molecule is [N-]=[N+]=Nc1cc(F)c(-c2cccc(F)c2)c(F)c1. The highest BCUT2D eigenvalue weighted by Gasteiger charge is 2.13. The van der Waals surface area contributed by atoms with Gasteiger partial charge in [-0.25, -0.2) is 13.2 Å². The van der Waals surface area contributed by atoms with E-state index in [1.54, 1.807) is 0 Å². The second kappa shape index (κ2) is 4.81. The summed E-state index contributed by atoms with van der Waals surface area (Å²) in [7, 11) is 0. The van der Waals surface area contributed by atoms with Crippen molar-refractivity contribution in [1.82, 2.24) is 0 Å². The Hall–Kier alpha value is -2.46. The molecule has 2 rings (SSSR count). The van der Waals surface area contributed by atoms with Crippen molar-refractivity contribution in [3.63, 3.8) is 0 Å². The van der Waals surface area contributed by atoms with E-state index in [9.17, 15) is 13.2 Å². The maximum Gasteiger partial charge on any atom is 0.134 e. The third-order valence-corrected chi connectivity index (χ3v) is 2.30. The van der Waals surface area contributed by atoms with Gasteiger partial charge < -0.3 is 0 Å². The number of hydrogen-bond donors (Lipinski definition) is 0. The minimum atomic E-state index is -0.914. The van der Waals surface area contributed by atoms with Gasteiger partial charge in [-0.2, -0.15) is 0 Å². The molecule has 0 fully saturated rings. The molecule has 3 nitrogen and oxygen atoms in total. The van der Waals surface area contributed by atoms with Gasteiger partial charge in [0.25, 0.3) is 0 Å². The molecule has 0 aliphatic rings. The summed E-state index contributed by atoms with van der Waals surface area (Å²) < 4.78 is 40.4. The zero-order valence-corrected chi connectivity index (χ0v) is 8.94. The Balaban J connectivity index is 2.62. The third-order valence-electron chi connectivity index (χ3n) is 2.30. The lowest BCUT2D eigenvalue weighted by Crippen LogP contribution is -1.90. The molecule has 0 heterocycles. The van der Waals surface area contributed by atoms with Crippen molar-refractivity contribution < 1.29 is 13.2 Å². The van der Waals surface area contributed by atoms with Crippen molar-refractivity contribution in [2.24, 2.45) is 5.11 Å². The number of halogens is 3. The van der Waals surface area contributed by atoms with Crippen LogP contribution in [0.25, 0.3) is 21.6 Å². The average molecular weight is 249 g/mol. The van der Waals surface area contributed by atoms with Crippen LogP contribution in [0.5, 0.6) is 0 Å². The molecule has 0 bridgehead atoms. The largest absolute Gasteiger partial charge is 0.207 e. The van der Waals surface area contributed by atoms with Gasteiger partial charge in [-0.3, -0.25) is 0 Å². The molecule has 0 aliphatic carbocycles. The van der Waals surface area contributed by atoms with Crippen molar-refractivity contribution in [3.05, 3.63) is 64.3 Å². The van der Waals surface area contributed by atoms with Crippen LogP contribution in [-0.4, -0.2) is 0 Å². The lowest BCUT2D eigenvalue weighted by atomic mass is 10.0. The van der Waals surface area contributed by atoms with E-state index in [0.717, 1.165) is 18.2 Å². The molecule has 0 aliphatic heterocycles. The van der Waals surface area contributed by atoms with Crippen molar-refractivity contribution in [2.45, 2.75) is 0 Å². The summed E-state index contributed by atoms with van der Waals surface area (Å²) in [6.07, 6.45) is 0. The highest BCUT2D eigenvalue weighted by molar-refractivity contribution is 5.67. The lowest BCUT2D eigenvalue weighted by Gasteiger charge is -2.06. The van der Waals surface area contributed by atoms with Gasteiger partial charge >= 0.3 is 0 Å². The summed E-state index contributed by atoms with van der Waals surface area (Å²) in [5, 5.41) is 3.11. The molecule has 90 valence electrons. The molecule has 0 amide bonds. The highest BCUT2D eigenvalue weighted by Crippen LogP contribution is 2.30. The minimum Gasteiger partial charge on any atom is -0.207 e. The quantitative estimate of drug-likeness (QED) is 0.420. The van der Waals surface area contributed by atoms with E-state index in [1.165, 1.54) is 18.2 Å². The number of nitrogens with zero attached hydrogens (tertiary/aromatic N) is 3. The molecule has 0 N–H and O–H groups in total.